The van der Waals surface area contributed by atoms with Gasteiger partial charge in [-0.25, -0.2) is 0 Å². The van der Waals surface area contributed by atoms with Gasteiger partial charge < -0.3 is 19.9 Å². The Balaban J connectivity index is 1.41. The molecule has 1 saturated heterocycles. The molecule has 2 N–H and O–H groups in total. The number of benzene rings is 1. The summed E-state index contributed by atoms with van der Waals surface area (Å²) in [6.07, 6.45) is 0. The van der Waals surface area contributed by atoms with Gasteiger partial charge in [-0.15, -0.1) is 0 Å². The van der Waals surface area contributed by atoms with Crippen LogP contribution >= 0.6 is 0 Å². The molecule has 1 amide bonds. The Hall–Kier alpha value is -2.45. The van der Waals surface area contributed by atoms with Gasteiger partial charge in [0.05, 0.1) is 13.1 Å². The predicted octanol–water partition coefficient (Wildman–Crippen LogP) is 0.560. The molecule has 1 aromatic heterocycles. The number of carbonyl (C=O) groups excluding carboxylic acids is 1. The lowest BCUT2D eigenvalue weighted by Gasteiger charge is -2.34. The molecule has 3 rings (SSSR count). The Morgan fingerprint density at radius 3 is 2.60 bits per heavy atom. The van der Waals surface area contributed by atoms with Crippen LogP contribution in [0.3, 0.4) is 0 Å². The Labute approximate surface area is 146 Å². The molecule has 134 valence electrons. The van der Waals surface area contributed by atoms with Crippen molar-refractivity contribution in [1.82, 2.24) is 19.9 Å². The maximum Gasteiger partial charge on any atom is 0.260 e. The van der Waals surface area contributed by atoms with E-state index in [1.54, 1.807) is 0 Å². The summed E-state index contributed by atoms with van der Waals surface area (Å²) in [7, 11) is 0. The summed E-state index contributed by atoms with van der Waals surface area (Å²) in [5.41, 5.74) is 6.62. The van der Waals surface area contributed by atoms with Crippen molar-refractivity contribution in [3.8, 4) is 5.75 Å². The third-order valence-corrected chi connectivity index (χ3v) is 4.16. The molecule has 1 aromatic carbocycles. The van der Waals surface area contributed by atoms with E-state index in [2.05, 4.69) is 15.0 Å². The van der Waals surface area contributed by atoms with E-state index in [-0.39, 0.29) is 19.1 Å². The van der Waals surface area contributed by atoms with Crippen molar-refractivity contribution in [1.29, 1.82) is 0 Å². The standard InChI is InChI=1S/C17H23N5O3/c1-13-2-4-14(5-3-13)24-12-17(23)22-8-6-21(7-9-22)11-15-19-16(10-18)25-20-15/h2-5H,6-12,18H2,1H3. The second kappa shape index (κ2) is 8.09. The van der Waals surface area contributed by atoms with E-state index < -0.39 is 0 Å². The number of carbonyl (C=O) groups is 1. The first-order valence-corrected chi connectivity index (χ1v) is 8.35. The summed E-state index contributed by atoms with van der Waals surface area (Å²) >= 11 is 0. The number of nitrogens with zero attached hydrogens (tertiary/aromatic N) is 4. The fraction of sp³-hybridized carbons (Fsp3) is 0.471. The summed E-state index contributed by atoms with van der Waals surface area (Å²) in [5, 5.41) is 3.90. The zero-order chi connectivity index (χ0) is 17.6. The lowest BCUT2D eigenvalue weighted by Crippen LogP contribution is -2.49. The Kier molecular flexibility index (Phi) is 5.62. The number of hydrogen-bond acceptors (Lipinski definition) is 7. The molecule has 25 heavy (non-hydrogen) atoms. The smallest absolute Gasteiger partial charge is 0.260 e. The maximum absolute atomic E-state index is 12.3. The average Bonchev–Trinajstić information content (AvgIpc) is 3.09. The topological polar surface area (TPSA) is 97.7 Å². The van der Waals surface area contributed by atoms with E-state index in [0.29, 0.717) is 37.1 Å². The SMILES string of the molecule is Cc1ccc(OCC(=O)N2CCN(Cc3noc(CN)n3)CC2)cc1. The monoisotopic (exact) mass is 345 g/mol. The molecule has 1 aliphatic rings. The summed E-state index contributed by atoms with van der Waals surface area (Å²) < 4.78 is 10.6. The molecular formula is C17H23N5O3. The molecule has 0 aliphatic carbocycles. The number of aryl methyl sites for hydroxylation is 1. The first kappa shape index (κ1) is 17.4. The molecule has 2 aromatic rings. The largest absolute Gasteiger partial charge is 0.484 e. The van der Waals surface area contributed by atoms with Gasteiger partial charge in [0.25, 0.3) is 5.91 Å². The van der Waals surface area contributed by atoms with Crippen molar-refractivity contribution in [3.05, 3.63) is 41.5 Å². The Morgan fingerprint density at radius 2 is 1.96 bits per heavy atom. The molecular weight excluding hydrogens is 322 g/mol. The average molecular weight is 345 g/mol. The molecule has 8 heteroatoms. The highest BCUT2D eigenvalue weighted by molar-refractivity contribution is 5.77. The van der Waals surface area contributed by atoms with E-state index in [1.807, 2.05) is 36.1 Å². The lowest BCUT2D eigenvalue weighted by atomic mass is 10.2. The molecule has 1 aliphatic heterocycles. The molecule has 0 radical (unpaired) electrons. The van der Waals surface area contributed by atoms with Crippen LogP contribution in [0.4, 0.5) is 0 Å². The van der Waals surface area contributed by atoms with Crippen LogP contribution in [0.25, 0.3) is 0 Å². The highest BCUT2D eigenvalue weighted by Crippen LogP contribution is 2.12. The van der Waals surface area contributed by atoms with Crippen molar-refractivity contribution < 1.29 is 14.1 Å². The van der Waals surface area contributed by atoms with Crippen LogP contribution in [0.15, 0.2) is 28.8 Å². The van der Waals surface area contributed by atoms with Crippen LogP contribution in [0, 0.1) is 6.92 Å². The molecule has 0 atom stereocenters. The Morgan fingerprint density at radius 1 is 1.24 bits per heavy atom. The molecule has 0 bridgehead atoms. The van der Waals surface area contributed by atoms with Gasteiger partial charge in [-0.2, -0.15) is 4.98 Å². The summed E-state index contributed by atoms with van der Waals surface area (Å²) in [6, 6.07) is 7.68. The third kappa shape index (κ3) is 4.77. The van der Waals surface area contributed by atoms with E-state index in [1.165, 1.54) is 0 Å². The summed E-state index contributed by atoms with van der Waals surface area (Å²) in [4.78, 5) is 20.5. The van der Waals surface area contributed by atoms with Gasteiger partial charge in [-0.1, -0.05) is 22.9 Å². The van der Waals surface area contributed by atoms with Gasteiger partial charge in [0.15, 0.2) is 12.4 Å². The highest BCUT2D eigenvalue weighted by Gasteiger charge is 2.22. The van der Waals surface area contributed by atoms with Crippen LogP contribution in [0.5, 0.6) is 5.75 Å². The van der Waals surface area contributed by atoms with Crippen molar-refractivity contribution in [2.24, 2.45) is 5.73 Å². The van der Waals surface area contributed by atoms with Crippen LogP contribution in [0.1, 0.15) is 17.3 Å². The first-order chi connectivity index (χ1) is 12.1. The fourth-order valence-electron chi connectivity index (χ4n) is 2.66. The molecule has 8 nitrogen and oxygen atoms in total. The summed E-state index contributed by atoms with van der Waals surface area (Å²) in [5.74, 6) is 1.79. The third-order valence-electron chi connectivity index (χ3n) is 4.16. The van der Waals surface area contributed by atoms with Crippen molar-refractivity contribution >= 4 is 5.91 Å². The van der Waals surface area contributed by atoms with Crippen molar-refractivity contribution in [2.75, 3.05) is 32.8 Å². The Bertz CT molecular complexity index is 693. The normalized spacial score (nSPS) is 15.4. The molecule has 0 unspecified atom stereocenters. The van der Waals surface area contributed by atoms with Crippen LogP contribution in [-0.4, -0.2) is 58.6 Å². The molecule has 2 heterocycles. The lowest BCUT2D eigenvalue weighted by molar-refractivity contribution is -0.135. The van der Waals surface area contributed by atoms with Gasteiger partial charge in [-0.3, -0.25) is 9.69 Å². The second-order valence-electron chi connectivity index (χ2n) is 6.07. The quantitative estimate of drug-likeness (QED) is 0.817. The molecule has 1 fully saturated rings. The van der Waals surface area contributed by atoms with Gasteiger partial charge in [0.1, 0.15) is 5.75 Å². The number of ether oxygens (including phenoxy) is 1. The zero-order valence-corrected chi connectivity index (χ0v) is 14.4. The maximum atomic E-state index is 12.3. The van der Waals surface area contributed by atoms with Crippen molar-refractivity contribution in [2.45, 2.75) is 20.0 Å². The number of amides is 1. The minimum Gasteiger partial charge on any atom is -0.484 e. The van der Waals surface area contributed by atoms with E-state index >= 15 is 0 Å². The van der Waals surface area contributed by atoms with Crippen molar-refractivity contribution in [3.63, 3.8) is 0 Å². The number of nitrogens with two attached hydrogens (primary N) is 1. The van der Waals surface area contributed by atoms with E-state index in [9.17, 15) is 4.79 Å². The van der Waals surface area contributed by atoms with Gasteiger partial charge in [0, 0.05) is 26.2 Å². The van der Waals surface area contributed by atoms with E-state index in [4.69, 9.17) is 15.0 Å². The zero-order valence-electron chi connectivity index (χ0n) is 14.4. The highest BCUT2D eigenvalue weighted by atomic mass is 16.5. The van der Waals surface area contributed by atoms with Crippen LogP contribution in [0.2, 0.25) is 0 Å². The predicted molar refractivity (Wildman–Crippen MR) is 90.7 cm³/mol. The number of piperazine rings is 1. The first-order valence-electron chi connectivity index (χ1n) is 8.35. The van der Waals surface area contributed by atoms with Gasteiger partial charge in [0.2, 0.25) is 5.89 Å². The van der Waals surface area contributed by atoms with Gasteiger partial charge >= 0.3 is 0 Å². The minimum absolute atomic E-state index is 0.00482. The number of hydrogen-bond donors (Lipinski definition) is 1. The minimum atomic E-state index is 0.00482. The number of rotatable bonds is 6. The molecule has 0 saturated carbocycles. The fourth-order valence-corrected chi connectivity index (χ4v) is 2.66. The molecule has 0 spiro atoms. The van der Waals surface area contributed by atoms with Crippen LogP contribution in [-0.2, 0) is 17.9 Å². The number of aromatic nitrogens is 2. The second-order valence-corrected chi connectivity index (χ2v) is 6.07. The van der Waals surface area contributed by atoms with Gasteiger partial charge in [-0.05, 0) is 19.1 Å². The van der Waals surface area contributed by atoms with Crippen LogP contribution < -0.4 is 10.5 Å². The van der Waals surface area contributed by atoms with E-state index in [0.717, 1.165) is 18.7 Å². The summed E-state index contributed by atoms with van der Waals surface area (Å²) in [6.45, 7) is 5.79.